The fourth-order valence-electron chi connectivity index (χ4n) is 3.94. The van der Waals surface area contributed by atoms with Crippen LogP contribution in [-0.2, 0) is 16.6 Å². The minimum Gasteiger partial charge on any atom is -0.350 e. The fourth-order valence-corrected chi connectivity index (χ4v) is 5.39. The van der Waals surface area contributed by atoms with Crippen LogP contribution < -0.4 is 10.9 Å². The van der Waals surface area contributed by atoms with Crippen LogP contribution in [0.1, 0.15) is 61.5 Å². The number of carbonyl (C=O) groups is 1. The normalized spacial score (nSPS) is 14.8. The largest absolute Gasteiger partial charge is 0.350 e. The van der Waals surface area contributed by atoms with Crippen LogP contribution in [0.25, 0.3) is 0 Å². The molecular weight excluding hydrogens is 416 g/mol. The molecule has 1 amide bonds. The molecule has 1 aromatic heterocycles. The Balaban J connectivity index is 1.57. The van der Waals surface area contributed by atoms with Crippen molar-refractivity contribution >= 4 is 15.9 Å². The van der Waals surface area contributed by atoms with Crippen molar-refractivity contribution in [1.29, 1.82) is 0 Å². The van der Waals surface area contributed by atoms with E-state index < -0.39 is 10.0 Å². The second-order valence-electron chi connectivity index (χ2n) is 7.70. The van der Waals surface area contributed by atoms with Crippen LogP contribution in [0.15, 0.2) is 46.3 Å². The average Bonchev–Trinajstić information content (AvgIpc) is 3.30. The molecule has 1 N–H and O–H groups in total. The molecule has 0 atom stereocenters. The van der Waals surface area contributed by atoms with Gasteiger partial charge in [-0.1, -0.05) is 26.7 Å². The first-order chi connectivity index (χ1) is 14.9. The summed E-state index contributed by atoms with van der Waals surface area (Å²) in [6.07, 6.45) is 6.09. The van der Waals surface area contributed by atoms with Crippen molar-refractivity contribution in [2.45, 2.75) is 56.9 Å². The van der Waals surface area contributed by atoms with E-state index in [1.165, 1.54) is 46.0 Å². The summed E-state index contributed by atoms with van der Waals surface area (Å²) in [5, 5.41) is 2.76. The Bertz CT molecular complexity index is 1050. The van der Waals surface area contributed by atoms with Gasteiger partial charge in [0.15, 0.2) is 0 Å². The molecule has 0 saturated heterocycles. The molecule has 1 aliphatic rings. The Morgan fingerprint density at radius 3 is 2.39 bits per heavy atom. The van der Waals surface area contributed by atoms with E-state index in [-0.39, 0.29) is 22.9 Å². The smallest absolute Gasteiger partial charge is 0.253 e. The Morgan fingerprint density at radius 1 is 1.16 bits per heavy atom. The molecule has 9 heteroatoms. The van der Waals surface area contributed by atoms with E-state index in [4.69, 9.17) is 0 Å². The zero-order chi connectivity index (χ0) is 22.4. The number of nitrogens with one attached hydrogen (secondary N) is 1. The SMILES string of the molecule is CCN(CC)S(=O)(=O)c1ccc(C(=O)NCCn2cnc(C3CCCC3)cc2=O)cc1. The van der Waals surface area contributed by atoms with Gasteiger partial charge < -0.3 is 5.32 Å². The number of hydrogen-bond donors (Lipinski definition) is 1. The number of hydrogen-bond acceptors (Lipinski definition) is 5. The summed E-state index contributed by atoms with van der Waals surface area (Å²) in [6, 6.07) is 7.48. The molecule has 3 rings (SSSR count). The van der Waals surface area contributed by atoms with Crippen molar-refractivity contribution in [1.82, 2.24) is 19.2 Å². The van der Waals surface area contributed by atoms with E-state index in [2.05, 4.69) is 10.3 Å². The monoisotopic (exact) mass is 446 g/mol. The van der Waals surface area contributed by atoms with Crippen molar-refractivity contribution in [2.75, 3.05) is 19.6 Å². The first kappa shape index (κ1) is 23.1. The molecular formula is C22H30N4O4S. The highest BCUT2D eigenvalue weighted by atomic mass is 32.2. The van der Waals surface area contributed by atoms with E-state index in [9.17, 15) is 18.0 Å². The summed E-state index contributed by atoms with van der Waals surface area (Å²) >= 11 is 0. The lowest BCUT2D eigenvalue weighted by Crippen LogP contribution is -2.31. The maximum atomic E-state index is 12.5. The Hall–Kier alpha value is -2.52. The van der Waals surface area contributed by atoms with Crippen LogP contribution in [0.4, 0.5) is 0 Å². The number of benzene rings is 1. The molecule has 1 saturated carbocycles. The average molecular weight is 447 g/mol. The van der Waals surface area contributed by atoms with Crippen LogP contribution >= 0.6 is 0 Å². The molecule has 2 aromatic rings. The summed E-state index contributed by atoms with van der Waals surface area (Å²) in [5.74, 6) is 0.0611. The second-order valence-corrected chi connectivity index (χ2v) is 9.63. The van der Waals surface area contributed by atoms with Gasteiger partial charge in [0.2, 0.25) is 10.0 Å². The predicted octanol–water partition coefficient (Wildman–Crippen LogP) is 2.36. The lowest BCUT2D eigenvalue weighted by molar-refractivity contribution is 0.0952. The number of amides is 1. The first-order valence-corrected chi connectivity index (χ1v) is 12.3. The van der Waals surface area contributed by atoms with Crippen molar-refractivity contribution < 1.29 is 13.2 Å². The van der Waals surface area contributed by atoms with Gasteiger partial charge in [-0.25, -0.2) is 13.4 Å². The van der Waals surface area contributed by atoms with E-state index in [1.807, 2.05) is 0 Å². The maximum absolute atomic E-state index is 12.5. The van der Waals surface area contributed by atoms with E-state index in [1.54, 1.807) is 26.2 Å². The van der Waals surface area contributed by atoms with Gasteiger partial charge in [-0.05, 0) is 37.1 Å². The zero-order valence-electron chi connectivity index (χ0n) is 18.1. The first-order valence-electron chi connectivity index (χ1n) is 10.8. The number of nitrogens with zero attached hydrogens (tertiary/aromatic N) is 3. The molecule has 0 radical (unpaired) electrons. The predicted molar refractivity (Wildman–Crippen MR) is 119 cm³/mol. The van der Waals surface area contributed by atoms with Gasteiger partial charge in [0.05, 0.1) is 16.9 Å². The highest BCUT2D eigenvalue weighted by molar-refractivity contribution is 7.89. The van der Waals surface area contributed by atoms with Crippen molar-refractivity contribution in [3.8, 4) is 0 Å². The number of rotatable bonds is 9. The van der Waals surface area contributed by atoms with Gasteiger partial charge in [0.1, 0.15) is 0 Å². The minimum absolute atomic E-state index is 0.114. The lowest BCUT2D eigenvalue weighted by Gasteiger charge is -2.18. The van der Waals surface area contributed by atoms with Gasteiger partial charge in [0.25, 0.3) is 11.5 Å². The molecule has 0 unspecified atom stereocenters. The third kappa shape index (κ3) is 5.40. The van der Waals surface area contributed by atoms with E-state index in [0.717, 1.165) is 18.5 Å². The van der Waals surface area contributed by atoms with Crippen molar-refractivity contribution in [3.05, 3.63) is 58.3 Å². The molecule has 1 fully saturated rings. The minimum atomic E-state index is -3.55. The summed E-state index contributed by atoms with van der Waals surface area (Å²) in [4.78, 5) is 29.3. The molecule has 0 bridgehead atoms. The van der Waals surface area contributed by atoms with Crippen molar-refractivity contribution in [2.24, 2.45) is 0 Å². The highest BCUT2D eigenvalue weighted by Crippen LogP contribution is 2.32. The van der Waals surface area contributed by atoms with Crippen LogP contribution in [0.5, 0.6) is 0 Å². The third-order valence-electron chi connectivity index (χ3n) is 5.77. The highest BCUT2D eigenvalue weighted by Gasteiger charge is 2.22. The quantitative estimate of drug-likeness (QED) is 0.637. The molecule has 8 nitrogen and oxygen atoms in total. The van der Waals surface area contributed by atoms with Gasteiger partial charge in [-0.3, -0.25) is 14.2 Å². The van der Waals surface area contributed by atoms with E-state index in [0.29, 0.717) is 31.1 Å². The molecule has 1 aliphatic carbocycles. The van der Waals surface area contributed by atoms with Crippen LogP contribution in [0.3, 0.4) is 0 Å². The molecule has 1 heterocycles. The molecule has 0 spiro atoms. The Labute approximate surface area is 183 Å². The van der Waals surface area contributed by atoms with Crippen LogP contribution in [-0.4, -0.2) is 47.8 Å². The summed E-state index contributed by atoms with van der Waals surface area (Å²) in [7, 11) is -3.55. The summed E-state index contributed by atoms with van der Waals surface area (Å²) in [6.45, 7) is 4.92. The van der Waals surface area contributed by atoms with Gasteiger partial charge in [0, 0.05) is 43.7 Å². The Kier molecular flexibility index (Phi) is 7.61. The maximum Gasteiger partial charge on any atom is 0.253 e. The lowest BCUT2D eigenvalue weighted by atomic mass is 10.0. The Morgan fingerprint density at radius 2 is 1.81 bits per heavy atom. The van der Waals surface area contributed by atoms with Crippen molar-refractivity contribution in [3.63, 3.8) is 0 Å². The molecule has 1 aromatic carbocycles. The number of carbonyl (C=O) groups excluding carboxylic acids is 1. The third-order valence-corrected chi connectivity index (χ3v) is 7.84. The zero-order valence-corrected chi connectivity index (χ0v) is 18.9. The van der Waals surface area contributed by atoms with Crippen LogP contribution in [0, 0.1) is 0 Å². The second kappa shape index (κ2) is 10.2. The molecule has 0 aliphatic heterocycles. The van der Waals surface area contributed by atoms with Crippen LogP contribution in [0.2, 0.25) is 0 Å². The number of aromatic nitrogens is 2. The number of sulfonamides is 1. The fraction of sp³-hybridized carbons (Fsp3) is 0.500. The van der Waals surface area contributed by atoms with Gasteiger partial charge in [-0.15, -0.1) is 0 Å². The molecule has 31 heavy (non-hydrogen) atoms. The van der Waals surface area contributed by atoms with E-state index >= 15 is 0 Å². The topological polar surface area (TPSA) is 101 Å². The van der Waals surface area contributed by atoms with Gasteiger partial charge >= 0.3 is 0 Å². The summed E-state index contributed by atoms with van der Waals surface area (Å²) < 4.78 is 27.9. The molecule has 168 valence electrons. The standard InChI is InChI=1S/C22H30N4O4S/c1-3-26(4-2)31(29,30)19-11-9-18(10-12-19)22(28)23-13-14-25-16-24-20(15-21(25)27)17-7-5-6-8-17/h9-12,15-17H,3-8,13-14H2,1-2H3,(H,23,28). The van der Waals surface area contributed by atoms with Gasteiger partial charge in [-0.2, -0.15) is 4.31 Å². The summed E-state index contributed by atoms with van der Waals surface area (Å²) in [5.41, 5.74) is 1.11.